The second-order valence-electron chi connectivity index (χ2n) is 13.0. The van der Waals surface area contributed by atoms with Crippen molar-refractivity contribution < 1.29 is 0 Å². The predicted molar refractivity (Wildman–Crippen MR) is 134 cm³/mol. The smallest absolute Gasteiger partial charge is 0.0352 e. The minimum absolute atomic E-state index is 0.00104. The van der Waals surface area contributed by atoms with E-state index in [0.717, 1.165) is 18.7 Å². The third-order valence-corrected chi connectivity index (χ3v) is 6.60. The molecule has 2 rings (SSSR count). The van der Waals surface area contributed by atoms with Gasteiger partial charge in [0, 0.05) is 23.3 Å². The summed E-state index contributed by atoms with van der Waals surface area (Å²) < 4.78 is 0. The second kappa shape index (κ2) is 8.09. The number of nitrogens with two attached hydrogens (primary N) is 1. The van der Waals surface area contributed by atoms with E-state index in [2.05, 4.69) is 112 Å². The molecule has 1 atom stereocenters. The fraction of sp³-hybridized carbons (Fsp3) is 0.643. The number of allylic oxidation sites excluding steroid dienone is 3. The Hall–Kier alpha value is -1.70. The normalized spacial score (nSPS) is 18.7. The maximum absolute atomic E-state index is 6.29. The lowest BCUT2D eigenvalue weighted by molar-refractivity contribution is 0.272. The molecule has 0 spiro atoms. The summed E-state index contributed by atoms with van der Waals surface area (Å²) in [7, 11) is 0. The lowest BCUT2D eigenvalue weighted by Crippen LogP contribution is -2.34. The Bertz CT molecular complexity index is 818. The maximum atomic E-state index is 6.29. The zero-order valence-corrected chi connectivity index (χ0v) is 21.5. The molecule has 0 amide bonds. The molecule has 0 saturated carbocycles. The first kappa shape index (κ1) is 24.6. The standard InChI is InChI=1S/C28H46N2/c1-25(2,3)20-14-21(26(4,5)6)16-22(15-20)30-18-28(10,11)19-12-13-24(29)23(17-19)27(7,8)9/h12-13,15-17,20,30H,14,18,29H2,1-11H3. The van der Waals surface area contributed by atoms with Crippen LogP contribution in [0.1, 0.15) is 93.7 Å². The molecule has 3 N–H and O–H groups in total. The zero-order valence-electron chi connectivity index (χ0n) is 21.5. The average Bonchev–Trinajstić information content (AvgIpc) is 2.57. The first-order valence-corrected chi connectivity index (χ1v) is 11.5. The van der Waals surface area contributed by atoms with Crippen LogP contribution in [0.5, 0.6) is 0 Å². The minimum atomic E-state index is -0.00104. The molecule has 2 heteroatoms. The van der Waals surface area contributed by atoms with Gasteiger partial charge in [-0.15, -0.1) is 0 Å². The molecule has 0 aromatic heterocycles. The molecule has 0 aliphatic heterocycles. The van der Waals surface area contributed by atoms with Crippen LogP contribution in [0.25, 0.3) is 0 Å². The van der Waals surface area contributed by atoms with E-state index in [9.17, 15) is 0 Å². The summed E-state index contributed by atoms with van der Waals surface area (Å²) in [6.45, 7) is 26.2. The van der Waals surface area contributed by atoms with Crippen molar-refractivity contribution in [1.82, 2.24) is 5.32 Å². The molecule has 0 saturated heterocycles. The van der Waals surface area contributed by atoms with E-state index in [1.165, 1.54) is 22.4 Å². The van der Waals surface area contributed by atoms with Gasteiger partial charge in [0.15, 0.2) is 0 Å². The van der Waals surface area contributed by atoms with Crippen LogP contribution in [-0.4, -0.2) is 6.54 Å². The van der Waals surface area contributed by atoms with Gasteiger partial charge in [-0.3, -0.25) is 0 Å². The Balaban J connectivity index is 2.29. The van der Waals surface area contributed by atoms with E-state index < -0.39 is 0 Å². The summed E-state index contributed by atoms with van der Waals surface area (Å²) >= 11 is 0. The molecule has 0 fully saturated rings. The first-order valence-electron chi connectivity index (χ1n) is 11.5. The predicted octanol–water partition coefficient (Wildman–Crippen LogP) is 7.36. The number of hydrogen-bond acceptors (Lipinski definition) is 2. The highest BCUT2D eigenvalue weighted by atomic mass is 14.9. The number of nitrogen functional groups attached to an aromatic ring is 1. The molecule has 2 nitrogen and oxygen atoms in total. The van der Waals surface area contributed by atoms with Crippen LogP contribution >= 0.6 is 0 Å². The summed E-state index contributed by atoms with van der Waals surface area (Å²) in [6, 6.07) is 6.57. The summed E-state index contributed by atoms with van der Waals surface area (Å²) in [5, 5.41) is 3.79. The van der Waals surface area contributed by atoms with Gasteiger partial charge >= 0.3 is 0 Å². The Morgan fingerprint density at radius 1 is 0.900 bits per heavy atom. The summed E-state index contributed by atoms with van der Waals surface area (Å²) in [5.74, 6) is 0.548. The van der Waals surface area contributed by atoms with Crippen LogP contribution in [0.15, 0.2) is 41.6 Å². The van der Waals surface area contributed by atoms with Crippen molar-refractivity contribution in [3.05, 3.63) is 52.7 Å². The molecule has 1 aliphatic rings. The van der Waals surface area contributed by atoms with Crippen molar-refractivity contribution in [3.8, 4) is 0 Å². The minimum Gasteiger partial charge on any atom is -0.398 e. The third-order valence-electron chi connectivity index (χ3n) is 6.60. The van der Waals surface area contributed by atoms with Gasteiger partial charge in [0.05, 0.1) is 0 Å². The highest BCUT2D eigenvalue weighted by Crippen LogP contribution is 2.42. The van der Waals surface area contributed by atoms with E-state index in [-0.39, 0.29) is 21.7 Å². The van der Waals surface area contributed by atoms with Crippen molar-refractivity contribution in [2.75, 3.05) is 12.3 Å². The fourth-order valence-corrected chi connectivity index (χ4v) is 4.05. The van der Waals surface area contributed by atoms with Crippen LogP contribution in [0.3, 0.4) is 0 Å². The van der Waals surface area contributed by atoms with Crippen LogP contribution in [-0.2, 0) is 10.8 Å². The molecular weight excluding hydrogens is 364 g/mol. The van der Waals surface area contributed by atoms with Gasteiger partial charge in [-0.1, -0.05) is 99.9 Å². The van der Waals surface area contributed by atoms with E-state index in [1.807, 2.05) is 0 Å². The molecule has 1 aromatic rings. The van der Waals surface area contributed by atoms with Gasteiger partial charge < -0.3 is 11.1 Å². The quantitative estimate of drug-likeness (QED) is 0.509. The molecule has 1 aliphatic carbocycles. The van der Waals surface area contributed by atoms with Gasteiger partial charge in [0.25, 0.3) is 0 Å². The van der Waals surface area contributed by atoms with Crippen molar-refractivity contribution >= 4 is 5.69 Å². The lowest BCUT2D eigenvalue weighted by Gasteiger charge is -2.37. The first-order chi connectivity index (χ1) is 13.4. The topological polar surface area (TPSA) is 38.0 Å². The van der Waals surface area contributed by atoms with Gasteiger partial charge in [-0.2, -0.15) is 0 Å². The Morgan fingerprint density at radius 3 is 2.00 bits per heavy atom. The highest BCUT2D eigenvalue weighted by Gasteiger charge is 2.31. The molecule has 30 heavy (non-hydrogen) atoms. The van der Waals surface area contributed by atoms with E-state index in [1.54, 1.807) is 0 Å². The van der Waals surface area contributed by atoms with Crippen molar-refractivity contribution in [3.63, 3.8) is 0 Å². The fourth-order valence-electron chi connectivity index (χ4n) is 4.05. The van der Waals surface area contributed by atoms with Gasteiger partial charge in [-0.05, 0) is 51.9 Å². The van der Waals surface area contributed by atoms with Gasteiger partial charge in [-0.25, -0.2) is 0 Å². The second-order valence-corrected chi connectivity index (χ2v) is 13.0. The molecule has 0 radical (unpaired) electrons. The largest absolute Gasteiger partial charge is 0.398 e. The van der Waals surface area contributed by atoms with Gasteiger partial charge in [0.2, 0.25) is 0 Å². The number of hydrogen-bond donors (Lipinski definition) is 2. The molecule has 0 bridgehead atoms. The number of anilines is 1. The lowest BCUT2D eigenvalue weighted by atomic mass is 9.70. The van der Waals surface area contributed by atoms with Crippen LogP contribution < -0.4 is 11.1 Å². The van der Waals surface area contributed by atoms with E-state index in [0.29, 0.717) is 5.92 Å². The van der Waals surface area contributed by atoms with E-state index >= 15 is 0 Å². The third kappa shape index (κ3) is 5.93. The number of nitrogens with one attached hydrogen (secondary N) is 1. The van der Waals surface area contributed by atoms with Gasteiger partial charge in [0.1, 0.15) is 0 Å². The Morgan fingerprint density at radius 2 is 1.50 bits per heavy atom. The van der Waals surface area contributed by atoms with Crippen LogP contribution in [0.2, 0.25) is 0 Å². The van der Waals surface area contributed by atoms with Crippen molar-refractivity contribution in [2.24, 2.45) is 16.7 Å². The summed E-state index contributed by atoms with van der Waals surface area (Å²) in [6.07, 6.45) is 5.99. The van der Waals surface area contributed by atoms with Crippen LogP contribution in [0.4, 0.5) is 5.69 Å². The zero-order chi connectivity index (χ0) is 23.1. The monoisotopic (exact) mass is 410 g/mol. The Kier molecular flexibility index (Phi) is 6.63. The number of rotatable bonds is 4. The molecule has 1 unspecified atom stereocenters. The summed E-state index contributed by atoms with van der Waals surface area (Å²) in [4.78, 5) is 0. The van der Waals surface area contributed by atoms with Crippen molar-refractivity contribution in [2.45, 2.75) is 93.4 Å². The molecule has 168 valence electrons. The Labute approximate surface area is 186 Å². The maximum Gasteiger partial charge on any atom is 0.0352 e. The SMILES string of the molecule is CC(C)(C)C1=CC(NCC(C)(C)c2ccc(N)c(C(C)(C)C)c2)=CC(C(C)(C)C)C1. The summed E-state index contributed by atoms with van der Waals surface area (Å²) in [5.41, 5.74) is 13.0. The molecule has 1 aromatic carbocycles. The highest BCUT2D eigenvalue weighted by molar-refractivity contribution is 5.53. The average molecular weight is 411 g/mol. The van der Waals surface area contributed by atoms with E-state index in [4.69, 9.17) is 5.73 Å². The van der Waals surface area contributed by atoms with Crippen molar-refractivity contribution in [1.29, 1.82) is 0 Å². The molecule has 0 heterocycles. The number of benzene rings is 1. The van der Waals surface area contributed by atoms with Crippen LogP contribution in [0, 0.1) is 16.7 Å². The molecular formula is C28H46N2.